The van der Waals surface area contributed by atoms with Crippen molar-refractivity contribution >= 4 is 0 Å². The molecule has 0 unspecified atom stereocenters. The number of methoxy groups -OCH3 is 1. The fourth-order valence-corrected chi connectivity index (χ4v) is 1.87. The molecule has 3 N–H and O–H groups in total. The Kier molecular flexibility index (Phi) is 5.35. The molecule has 0 heterocycles. The predicted molar refractivity (Wildman–Crippen MR) is 54.7 cm³/mol. The molecule has 1 saturated carbocycles. The highest BCUT2D eigenvalue weighted by molar-refractivity contribution is 4.75. The lowest BCUT2D eigenvalue weighted by Crippen LogP contribution is -2.32. The third-order valence-corrected chi connectivity index (χ3v) is 2.81. The highest BCUT2D eigenvalue weighted by Crippen LogP contribution is 2.22. The summed E-state index contributed by atoms with van der Waals surface area (Å²) in [5, 5.41) is 3.41. The van der Waals surface area contributed by atoms with Crippen LogP contribution >= 0.6 is 0 Å². The molecule has 0 amide bonds. The van der Waals surface area contributed by atoms with Crippen molar-refractivity contribution in [3.05, 3.63) is 0 Å². The standard InChI is InChI=1S/C10H22N2O/c1-13-7-6-12-8-9-2-4-10(11)5-3-9/h9-10,12H,2-8,11H2,1H3. The molecule has 0 aliphatic heterocycles. The van der Waals surface area contributed by atoms with Crippen LogP contribution in [0, 0.1) is 5.92 Å². The Morgan fingerprint density at radius 3 is 2.62 bits per heavy atom. The van der Waals surface area contributed by atoms with Crippen LogP contribution in [0.4, 0.5) is 0 Å². The smallest absolute Gasteiger partial charge is 0.0587 e. The van der Waals surface area contributed by atoms with E-state index in [1.807, 2.05) is 0 Å². The van der Waals surface area contributed by atoms with Gasteiger partial charge >= 0.3 is 0 Å². The maximum Gasteiger partial charge on any atom is 0.0587 e. The molecule has 1 aliphatic carbocycles. The second kappa shape index (κ2) is 6.35. The third-order valence-electron chi connectivity index (χ3n) is 2.81. The third kappa shape index (κ3) is 4.60. The summed E-state index contributed by atoms with van der Waals surface area (Å²) in [5.41, 5.74) is 5.83. The summed E-state index contributed by atoms with van der Waals surface area (Å²) < 4.78 is 4.97. The van der Waals surface area contributed by atoms with E-state index in [-0.39, 0.29) is 0 Å². The minimum absolute atomic E-state index is 0.468. The summed E-state index contributed by atoms with van der Waals surface area (Å²) in [6.45, 7) is 2.92. The fourth-order valence-electron chi connectivity index (χ4n) is 1.87. The van der Waals surface area contributed by atoms with E-state index >= 15 is 0 Å². The van der Waals surface area contributed by atoms with Crippen molar-refractivity contribution in [1.82, 2.24) is 5.32 Å². The summed E-state index contributed by atoms with van der Waals surface area (Å²) >= 11 is 0. The van der Waals surface area contributed by atoms with E-state index in [0.717, 1.165) is 25.6 Å². The van der Waals surface area contributed by atoms with Gasteiger partial charge in [0.1, 0.15) is 0 Å². The van der Waals surface area contributed by atoms with E-state index in [4.69, 9.17) is 10.5 Å². The van der Waals surface area contributed by atoms with Gasteiger partial charge in [0.2, 0.25) is 0 Å². The van der Waals surface area contributed by atoms with E-state index in [0.29, 0.717) is 6.04 Å². The molecule has 1 aliphatic rings. The number of nitrogens with one attached hydrogen (secondary N) is 1. The van der Waals surface area contributed by atoms with Crippen LogP contribution in [0.1, 0.15) is 25.7 Å². The maximum absolute atomic E-state index is 5.83. The van der Waals surface area contributed by atoms with Crippen molar-refractivity contribution in [1.29, 1.82) is 0 Å². The molecule has 0 aromatic heterocycles. The van der Waals surface area contributed by atoms with Crippen LogP contribution in [0.2, 0.25) is 0 Å². The Hall–Kier alpha value is -0.120. The number of hydrogen-bond acceptors (Lipinski definition) is 3. The van der Waals surface area contributed by atoms with Crippen LogP contribution in [-0.4, -0.2) is 32.8 Å². The maximum atomic E-state index is 5.83. The molecule has 1 fully saturated rings. The lowest BCUT2D eigenvalue weighted by molar-refractivity contribution is 0.195. The predicted octanol–water partition coefficient (Wildman–Crippen LogP) is 0.740. The first-order chi connectivity index (χ1) is 6.33. The Labute approximate surface area is 81.0 Å². The molecule has 0 saturated heterocycles. The number of ether oxygens (including phenoxy) is 1. The van der Waals surface area contributed by atoms with Gasteiger partial charge in [-0.1, -0.05) is 0 Å². The van der Waals surface area contributed by atoms with Gasteiger partial charge in [-0.25, -0.2) is 0 Å². The number of hydrogen-bond donors (Lipinski definition) is 2. The number of rotatable bonds is 5. The monoisotopic (exact) mass is 186 g/mol. The molecule has 78 valence electrons. The van der Waals surface area contributed by atoms with Crippen molar-refractivity contribution < 1.29 is 4.74 Å². The molecule has 3 heteroatoms. The minimum Gasteiger partial charge on any atom is -0.383 e. The molecular formula is C10H22N2O. The summed E-state index contributed by atoms with van der Waals surface area (Å²) in [5.74, 6) is 0.844. The van der Waals surface area contributed by atoms with E-state index < -0.39 is 0 Å². The zero-order valence-corrected chi connectivity index (χ0v) is 8.59. The van der Waals surface area contributed by atoms with E-state index in [1.54, 1.807) is 7.11 Å². The Morgan fingerprint density at radius 1 is 1.31 bits per heavy atom. The van der Waals surface area contributed by atoms with Crippen molar-refractivity contribution in [2.45, 2.75) is 31.7 Å². The van der Waals surface area contributed by atoms with Gasteiger partial charge in [0.15, 0.2) is 0 Å². The fraction of sp³-hybridized carbons (Fsp3) is 1.00. The van der Waals surface area contributed by atoms with Gasteiger partial charge in [-0.3, -0.25) is 0 Å². The molecule has 0 bridgehead atoms. The van der Waals surface area contributed by atoms with Crippen LogP contribution in [0.15, 0.2) is 0 Å². The average Bonchev–Trinajstić information content (AvgIpc) is 2.15. The summed E-state index contributed by atoms with van der Waals surface area (Å²) in [4.78, 5) is 0. The van der Waals surface area contributed by atoms with Crippen LogP contribution in [0.5, 0.6) is 0 Å². The Bertz CT molecular complexity index is 122. The van der Waals surface area contributed by atoms with Gasteiger partial charge < -0.3 is 15.8 Å². The normalized spacial score (nSPS) is 29.1. The molecule has 3 nitrogen and oxygen atoms in total. The molecular weight excluding hydrogens is 164 g/mol. The molecule has 13 heavy (non-hydrogen) atoms. The zero-order chi connectivity index (χ0) is 9.52. The van der Waals surface area contributed by atoms with Crippen LogP contribution < -0.4 is 11.1 Å². The second-order valence-electron chi connectivity index (χ2n) is 3.98. The topological polar surface area (TPSA) is 47.3 Å². The Morgan fingerprint density at radius 2 is 2.00 bits per heavy atom. The van der Waals surface area contributed by atoms with Gasteiger partial charge in [0.25, 0.3) is 0 Å². The highest BCUT2D eigenvalue weighted by atomic mass is 16.5. The van der Waals surface area contributed by atoms with Crippen molar-refractivity contribution in [3.63, 3.8) is 0 Å². The van der Waals surface area contributed by atoms with Gasteiger partial charge in [0.05, 0.1) is 6.61 Å². The van der Waals surface area contributed by atoms with E-state index in [2.05, 4.69) is 5.32 Å². The summed E-state index contributed by atoms with van der Waals surface area (Å²) in [6.07, 6.45) is 5.00. The van der Waals surface area contributed by atoms with Crippen LogP contribution in [0.25, 0.3) is 0 Å². The average molecular weight is 186 g/mol. The van der Waals surface area contributed by atoms with Crippen molar-refractivity contribution in [2.75, 3.05) is 26.8 Å². The number of nitrogens with two attached hydrogens (primary N) is 1. The van der Waals surface area contributed by atoms with E-state index in [9.17, 15) is 0 Å². The van der Waals surface area contributed by atoms with Crippen molar-refractivity contribution in [3.8, 4) is 0 Å². The summed E-state index contributed by atoms with van der Waals surface area (Å²) in [7, 11) is 1.74. The van der Waals surface area contributed by atoms with Gasteiger partial charge in [-0.05, 0) is 38.1 Å². The highest BCUT2D eigenvalue weighted by Gasteiger charge is 2.17. The van der Waals surface area contributed by atoms with Gasteiger partial charge in [-0.15, -0.1) is 0 Å². The lowest BCUT2D eigenvalue weighted by atomic mass is 9.86. The Balaban J connectivity index is 1.96. The lowest BCUT2D eigenvalue weighted by Gasteiger charge is -2.26. The van der Waals surface area contributed by atoms with Crippen LogP contribution in [0.3, 0.4) is 0 Å². The van der Waals surface area contributed by atoms with E-state index in [1.165, 1.54) is 25.7 Å². The first-order valence-electron chi connectivity index (χ1n) is 5.28. The minimum atomic E-state index is 0.468. The molecule has 0 aromatic carbocycles. The quantitative estimate of drug-likeness (QED) is 0.623. The van der Waals surface area contributed by atoms with Gasteiger partial charge in [0, 0.05) is 19.7 Å². The molecule has 0 spiro atoms. The summed E-state index contributed by atoms with van der Waals surface area (Å²) in [6, 6.07) is 0.468. The zero-order valence-electron chi connectivity index (χ0n) is 8.59. The SMILES string of the molecule is COCCNCC1CCC(N)CC1. The van der Waals surface area contributed by atoms with Gasteiger partial charge in [-0.2, -0.15) is 0 Å². The largest absolute Gasteiger partial charge is 0.383 e. The van der Waals surface area contributed by atoms with Crippen LogP contribution in [-0.2, 0) is 4.74 Å². The molecule has 0 radical (unpaired) electrons. The van der Waals surface area contributed by atoms with Crippen molar-refractivity contribution in [2.24, 2.45) is 11.7 Å². The molecule has 0 atom stereocenters. The second-order valence-corrected chi connectivity index (χ2v) is 3.98. The molecule has 1 rings (SSSR count). The first kappa shape index (κ1) is 11.0. The molecule has 0 aromatic rings. The first-order valence-corrected chi connectivity index (χ1v) is 5.28.